The first kappa shape index (κ1) is 14.1. The van der Waals surface area contributed by atoms with Gasteiger partial charge in [0, 0.05) is 13.1 Å². The molecule has 1 aliphatic rings. The smallest absolute Gasteiger partial charge is 0.375 e. The summed E-state index contributed by atoms with van der Waals surface area (Å²) in [7, 11) is 0. The van der Waals surface area contributed by atoms with Crippen LogP contribution in [0.1, 0.15) is 28.2 Å². The molecule has 1 fully saturated rings. The van der Waals surface area contributed by atoms with Crippen LogP contribution in [0.15, 0.2) is 0 Å². The van der Waals surface area contributed by atoms with E-state index in [2.05, 4.69) is 4.98 Å². The van der Waals surface area contributed by atoms with Gasteiger partial charge in [0.1, 0.15) is 4.88 Å². The fraction of sp³-hybridized carbons (Fsp3) is 0.636. The molecule has 4 nitrogen and oxygen atoms in total. The maximum Gasteiger partial charge on any atom is 0.393 e. The fourth-order valence-electron chi connectivity index (χ4n) is 2.19. The number of piperidine rings is 1. The third kappa shape index (κ3) is 2.99. The second kappa shape index (κ2) is 4.99. The SMILES string of the molecule is Cc1nc(N)sc1C(=O)N1CCCC(C(F)(F)F)C1. The van der Waals surface area contributed by atoms with E-state index in [1.165, 1.54) is 4.90 Å². The maximum atomic E-state index is 12.7. The zero-order valence-electron chi connectivity index (χ0n) is 10.3. The molecule has 2 heterocycles. The van der Waals surface area contributed by atoms with Crippen molar-refractivity contribution in [2.75, 3.05) is 18.8 Å². The van der Waals surface area contributed by atoms with Gasteiger partial charge in [0.05, 0.1) is 11.6 Å². The van der Waals surface area contributed by atoms with Crippen LogP contribution in [0.2, 0.25) is 0 Å². The number of nitrogen functional groups attached to an aromatic ring is 1. The van der Waals surface area contributed by atoms with E-state index >= 15 is 0 Å². The number of rotatable bonds is 1. The van der Waals surface area contributed by atoms with E-state index in [0.717, 1.165) is 11.3 Å². The number of amides is 1. The van der Waals surface area contributed by atoms with Crippen LogP contribution in [-0.4, -0.2) is 35.1 Å². The molecule has 0 aliphatic carbocycles. The van der Waals surface area contributed by atoms with Gasteiger partial charge in [-0.15, -0.1) is 0 Å². The lowest BCUT2D eigenvalue weighted by molar-refractivity contribution is -0.184. The van der Waals surface area contributed by atoms with E-state index in [-0.39, 0.29) is 18.1 Å². The first-order valence-corrected chi connectivity index (χ1v) is 6.69. The highest BCUT2D eigenvalue weighted by molar-refractivity contribution is 7.17. The molecule has 0 bridgehead atoms. The minimum absolute atomic E-state index is 0.0804. The molecular weight excluding hydrogens is 279 g/mol. The number of hydrogen-bond donors (Lipinski definition) is 1. The number of hydrogen-bond acceptors (Lipinski definition) is 4. The number of aromatic nitrogens is 1. The van der Waals surface area contributed by atoms with Crippen molar-refractivity contribution in [3.05, 3.63) is 10.6 Å². The summed E-state index contributed by atoms with van der Waals surface area (Å²) in [6, 6.07) is 0. The predicted molar refractivity (Wildman–Crippen MR) is 65.9 cm³/mol. The summed E-state index contributed by atoms with van der Waals surface area (Å²) in [5.41, 5.74) is 5.97. The van der Waals surface area contributed by atoms with Crippen LogP contribution in [0.3, 0.4) is 0 Å². The lowest BCUT2D eigenvalue weighted by Crippen LogP contribution is -2.44. The molecule has 1 aromatic rings. The summed E-state index contributed by atoms with van der Waals surface area (Å²) in [5.74, 6) is -1.84. The number of nitrogens with zero attached hydrogens (tertiary/aromatic N) is 2. The van der Waals surface area contributed by atoms with E-state index in [1.54, 1.807) is 6.92 Å². The molecule has 0 radical (unpaired) electrons. The van der Waals surface area contributed by atoms with Gasteiger partial charge in [0.15, 0.2) is 5.13 Å². The molecule has 1 saturated heterocycles. The Morgan fingerprint density at radius 3 is 2.74 bits per heavy atom. The number of halogens is 3. The third-order valence-corrected chi connectivity index (χ3v) is 4.15. The van der Waals surface area contributed by atoms with Crippen molar-refractivity contribution >= 4 is 22.4 Å². The van der Waals surface area contributed by atoms with Crippen LogP contribution < -0.4 is 5.73 Å². The van der Waals surface area contributed by atoms with Gasteiger partial charge in [0.2, 0.25) is 0 Å². The molecule has 1 amide bonds. The zero-order valence-corrected chi connectivity index (χ0v) is 11.1. The lowest BCUT2D eigenvalue weighted by Gasteiger charge is -2.33. The largest absolute Gasteiger partial charge is 0.393 e. The summed E-state index contributed by atoms with van der Waals surface area (Å²) in [6.45, 7) is 1.70. The monoisotopic (exact) mass is 293 g/mol. The maximum absolute atomic E-state index is 12.7. The average Bonchev–Trinajstić information content (AvgIpc) is 2.66. The lowest BCUT2D eigenvalue weighted by atomic mass is 9.97. The molecule has 19 heavy (non-hydrogen) atoms. The number of carbonyl (C=O) groups is 1. The van der Waals surface area contributed by atoms with Crippen molar-refractivity contribution in [1.82, 2.24) is 9.88 Å². The van der Waals surface area contributed by atoms with E-state index in [9.17, 15) is 18.0 Å². The van der Waals surface area contributed by atoms with Crippen molar-refractivity contribution in [1.29, 1.82) is 0 Å². The summed E-state index contributed by atoms with van der Waals surface area (Å²) in [4.78, 5) is 17.7. The van der Waals surface area contributed by atoms with Gasteiger partial charge in [-0.05, 0) is 19.8 Å². The highest BCUT2D eigenvalue weighted by Gasteiger charge is 2.43. The number of alkyl halides is 3. The van der Waals surface area contributed by atoms with Crippen molar-refractivity contribution < 1.29 is 18.0 Å². The van der Waals surface area contributed by atoms with Crippen LogP contribution in [0, 0.1) is 12.8 Å². The van der Waals surface area contributed by atoms with Crippen LogP contribution in [0.4, 0.5) is 18.3 Å². The Balaban J connectivity index is 2.14. The first-order valence-electron chi connectivity index (χ1n) is 5.88. The van der Waals surface area contributed by atoms with Crippen LogP contribution in [0.5, 0.6) is 0 Å². The molecular formula is C11H14F3N3OS. The van der Waals surface area contributed by atoms with Gasteiger partial charge < -0.3 is 10.6 Å². The highest BCUT2D eigenvalue weighted by Crippen LogP contribution is 2.34. The van der Waals surface area contributed by atoms with Crippen molar-refractivity contribution in [2.24, 2.45) is 5.92 Å². The minimum Gasteiger partial charge on any atom is -0.375 e. The van der Waals surface area contributed by atoms with E-state index in [0.29, 0.717) is 23.5 Å². The Kier molecular flexibility index (Phi) is 3.71. The number of thiazole rings is 1. The fourth-order valence-corrected chi connectivity index (χ4v) is 2.99. The Hall–Kier alpha value is -1.31. The molecule has 1 aromatic heterocycles. The van der Waals surface area contributed by atoms with Crippen LogP contribution in [-0.2, 0) is 0 Å². The molecule has 2 rings (SSSR count). The number of anilines is 1. The van der Waals surface area contributed by atoms with Crippen molar-refractivity contribution in [2.45, 2.75) is 25.9 Å². The Morgan fingerprint density at radius 1 is 1.53 bits per heavy atom. The molecule has 1 aliphatic heterocycles. The van der Waals surface area contributed by atoms with Gasteiger partial charge in [-0.2, -0.15) is 13.2 Å². The van der Waals surface area contributed by atoms with Gasteiger partial charge in [0.25, 0.3) is 5.91 Å². The minimum atomic E-state index is -4.25. The second-order valence-electron chi connectivity index (χ2n) is 4.60. The number of likely N-dealkylation sites (tertiary alicyclic amines) is 1. The quantitative estimate of drug-likeness (QED) is 0.865. The standard InChI is InChI=1S/C11H14F3N3OS/c1-6-8(19-10(15)16-6)9(18)17-4-2-3-7(5-17)11(12,13)14/h7H,2-5H2,1H3,(H2,15,16). The molecule has 0 saturated carbocycles. The second-order valence-corrected chi connectivity index (χ2v) is 5.63. The Bertz CT molecular complexity index is 486. The Morgan fingerprint density at radius 2 is 2.21 bits per heavy atom. The van der Waals surface area contributed by atoms with Crippen molar-refractivity contribution in [3.8, 4) is 0 Å². The summed E-state index contributed by atoms with van der Waals surface area (Å²) in [5, 5.41) is 0.255. The molecule has 0 spiro atoms. The zero-order chi connectivity index (χ0) is 14.2. The topological polar surface area (TPSA) is 59.2 Å². The molecule has 8 heteroatoms. The first-order chi connectivity index (χ1) is 8.79. The molecule has 2 N–H and O–H groups in total. The number of carbonyl (C=O) groups excluding carboxylic acids is 1. The van der Waals surface area contributed by atoms with E-state index < -0.39 is 18.0 Å². The van der Waals surface area contributed by atoms with Crippen molar-refractivity contribution in [3.63, 3.8) is 0 Å². The summed E-state index contributed by atoms with van der Waals surface area (Å²) in [6.07, 6.45) is -3.80. The van der Waals surface area contributed by atoms with Gasteiger partial charge in [-0.1, -0.05) is 11.3 Å². The number of aryl methyl sites for hydroxylation is 1. The third-order valence-electron chi connectivity index (χ3n) is 3.18. The van der Waals surface area contributed by atoms with E-state index in [4.69, 9.17) is 5.73 Å². The average molecular weight is 293 g/mol. The number of nitrogens with two attached hydrogens (primary N) is 1. The van der Waals surface area contributed by atoms with Crippen LogP contribution >= 0.6 is 11.3 Å². The normalized spacial score (nSPS) is 20.6. The molecule has 1 unspecified atom stereocenters. The summed E-state index contributed by atoms with van der Waals surface area (Å²) < 4.78 is 38.1. The molecule has 106 valence electrons. The van der Waals surface area contributed by atoms with Gasteiger partial charge in [-0.3, -0.25) is 4.79 Å². The van der Waals surface area contributed by atoms with Gasteiger partial charge >= 0.3 is 6.18 Å². The summed E-state index contributed by atoms with van der Waals surface area (Å²) >= 11 is 1.02. The predicted octanol–water partition coefficient (Wildman–Crippen LogP) is 2.45. The highest BCUT2D eigenvalue weighted by atomic mass is 32.1. The molecule has 1 atom stereocenters. The van der Waals surface area contributed by atoms with Crippen LogP contribution in [0.25, 0.3) is 0 Å². The molecule has 0 aromatic carbocycles. The Labute approximate surface area is 112 Å². The van der Waals surface area contributed by atoms with E-state index in [1.807, 2.05) is 0 Å². The van der Waals surface area contributed by atoms with Gasteiger partial charge in [-0.25, -0.2) is 4.98 Å².